The molecule has 0 unspecified atom stereocenters. The number of piperidine rings is 1. The van der Waals surface area contributed by atoms with Crippen LogP contribution in [0.4, 0.5) is 0 Å². The van der Waals surface area contributed by atoms with Crippen LogP contribution < -0.4 is 10.1 Å². The zero-order chi connectivity index (χ0) is 10.5. The number of hydrogen-bond donors (Lipinski definition) is 1. The topological polar surface area (TPSA) is 47.0 Å². The van der Waals surface area contributed by atoms with E-state index in [1.807, 2.05) is 19.1 Å². The third kappa shape index (κ3) is 3.16. The molecule has 0 radical (unpaired) electrons. The summed E-state index contributed by atoms with van der Waals surface area (Å²) in [5.41, 5.74) is 0.918. The van der Waals surface area contributed by atoms with Crippen molar-refractivity contribution in [2.24, 2.45) is 5.92 Å². The molecule has 4 heteroatoms. The summed E-state index contributed by atoms with van der Waals surface area (Å²) in [5, 5.41) is 11.3. The second kappa shape index (κ2) is 5.07. The molecule has 1 aromatic rings. The first-order valence-electron chi connectivity index (χ1n) is 5.48. The van der Waals surface area contributed by atoms with Gasteiger partial charge in [-0.3, -0.25) is 0 Å². The first-order chi connectivity index (χ1) is 7.34. The molecule has 2 rings (SSSR count). The number of hydrogen-bond acceptors (Lipinski definition) is 4. The molecule has 4 nitrogen and oxygen atoms in total. The fourth-order valence-electron chi connectivity index (χ4n) is 1.73. The zero-order valence-corrected chi connectivity index (χ0v) is 9.07. The summed E-state index contributed by atoms with van der Waals surface area (Å²) in [6.07, 6.45) is 2.49. The molecule has 1 fully saturated rings. The Kier molecular flexibility index (Phi) is 3.50. The Morgan fingerprint density at radius 1 is 1.47 bits per heavy atom. The molecule has 0 saturated carbocycles. The molecular formula is C11H17N3O. The average Bonchev–Trinajstić information content (AvgIpc) is 2.30. The van der Waals surface area contributed by atoms with E-state index in [2.05, 4.69) is 15.5 Å². The van der Waals surface area contributed by atoms with E-state index in [1.54, 1.807) is 0 Å². The van der Waals surface area contributed by atoms with Crippen molar-refractivity contribution in [3.05, 3.63) is 17.8 Å². The van der Waals surface area contributed by atoms with Gasteiger partial charge in [0.15, 0.2) is 0 Å². The van der Waals surface area contributed by atoms with Gasteiger partial charge in [-0.05, 0) is 32.4 Å². The maximum absolute atomic E-state index is 5.59. The Morgan fingerprint density at radius 2 is 2.40 bits per heavy atom. The van der Waals surface area contributed by atoms with Crippen molar-refractivity contribution >= 4 is 0 Å². The minimum atomic E-state index is 0.613. The maximum atomic E-state index is 5.59. The van der Waals surface area contributed by atoms with E-state index in [0.717, 1.165) is 25.4 Å². The lowest BCUT2D eigenvalue weighted by Crippen LogP contribution is -2.33. The molecule has 82 valence electrons. The Hall–Kier alpha value is -1.16. The minimum absolute atomic E-state index is 0.613. The van der Waals surface area contributed by atoms with Gasteiger partial charge in [0.1, 0.15) is 0 Å². The lowest BCUT2D eigenvalue weighted by molar-refractivity contribution is 0.210. The molecule has 0 bridgehead atoms. The van der Waals surface area contributed by atoms with Gasteiger partial charge >= 0.3 is 0 Å². The van der Waals surface area contributed by atoms with Gasteiger partial charge in [-0.2, -0.15) is 5.10 Å². The molecule has 1 N–H and O–H groups in total. The second-order valence-corrected chi connectivity index (χ2v) is 4.04. The zero-order valence-electron chi connectivity index (χ0n) is 9.07. The van der Waals surface area contributed by atoms with Crippen molar-refractivity contribution in [2.45, 2.75) is 19.8 Å². The van der Waals surface area contributed by atoms with Gasteiger partial charge in [-0.25, -0.2) is 0 Å². The summed E-state index contributed by atoms with van der Waals surface area (Å²) in [5.74, 6) is 1.24. The fourth-order valence-corrected chi connectivity index (χ4v) is 1.73. The molecule has 2 heterocycles. The predicted octanol–water partition coefficient (Wildman–Crippen LogP) is 1.16. The highest BCUT2D eigenvalue weighted by atomic mass is 16.5. The molecule has 0 amide bonds. The molecule has 15 heavy (non-hydrogen) atoms. The van der Waals surface area contributed by atoms with Crippen LogP contribution in [0.3, 0.4) is 0 Å². The van der Waals surface area contributed by atoms with Crippen LogP contribution in [-0.2, 0) is 0 Å². The van der Waals surface area contributed by atoms with Crippen molar-refractivity contribution in [3.63, 3.8) is 0 Å². The third-order valence-electron chi connectivity index (χ3n) is 2.64. The molecule has 0 spiro atoms. The third-order valence-corrected chi connectivity index (χ3v) is 2.64. The Morgan fingerprint density at radius 3 is 3.07 bits per heavy atom. The van der Waals surface area contributed by atoms with Crippen LogP contribution in [0.25, 0.3) is 0 Å². The van der Waals surface area contributed by atoms with Gasteiger partial charge in [0.25, 0.3) is 0 Å². The normalized spacial score (nSPS) is 21.3. The van der Waals surface area contributed by atoms with Crippen LogP contribution in [0.15, 0.2) is 12.1 Å². The van der Waals surface area contributed by atoms with Crippen molar-refractivity contribution in [2.75, 3.05) is 19.7 Å². The van der Waals surface area contributed by atoms with Crippen LogP contribution in [-0.4, -0.2) is 29.9 Å². The van der Waals surface area contributed by atoms with E-state index in [-0.39, 0.29) is 0 Å². The lowest BCUT2D eigenvalue weighted by atomic mass is 10.0. The van der Waals surface area contributed by atoms with Crippen molar-refractivity contribution in [1.29, 1.82) is 0 Å². The minimum Gasteiger partial charge on any atom is -0.476 e. The summed E-state index contributed by atoms with van der Waals surface area (Å²) in [7, 11) is 0. The lowest BCUT2D eigenvalue weighted by Gasteiger charge is -2.22. The van der Waals surface area contributed by atoms with Gasteiger partial charge in [-0.15, -0.1) is 5.10 Å². The highest BCUT2D eigenvalue weighted by Crippen LogP contribution is 2.12. The fraction of sp³-hybridized carbons (Fsp3) is 0.636. The van der Waals surface area contributed by atoms with Gasteiger partial charge in [0, 0.05) is 18.5 Å². The van der Waals surface area contributed by atoms with E-state index >= 15 is 0 Å². The summed E-state index contributed by atoms with van der Waals surface area (Å²) >= 11 is 0. The second-order valence-electron chi connectivity index (χ2n) is 4.04. The van der Waals surface area contributed by atoms with E-state index in [9.17, 15) is 0 Å². The quantitative estimate of drug-likeness (QED) is 0.808. The first kappa shape index (κ1) is 10.4. The summed E-state index contributed by atoms with van der Waals surface area (Å²) in [6, 6.07) is 3.79. The monoisotopic (exact) mass is 207 g/mol. The predicted molar refractivity (Wildman–Crippen MR) is 57.9 cm³/mol. The Labute approximate surface area is 90.1 Å². The maximum Gasteiger partial charge on any atom is 0.233 e. The molecule has 0 aliphatic carbocycles. The number of nitrogens with zero attached hydrogens (tertiary/aromatic N) is 2. The number of aryl methyl sites for hydroxylation is 1. The van der Waals surface area contributed by atoms with Crippen molar-refractivity contribution < 1.29 is 4.74 Å². The largest absolute Gasteiger partial charge is 0.476 e. The molecular weight excluding hydrogens is 190 g/mol. The number of aromatic nitrogens is 2. The van der Waals surface area contributed by atoms with Crippen LogP contribution in [0.5, 0.6) is 5.88 Å². The van der Waals surface area contributed by atoms with Gasteiger partial charge < -0.3 is 10.1 Å². The summed E-state index contributed by atoms with van der Waals surface area (Å²) in [6.45, 7) is 4.85. The van der Waals surface area contributed by atoms with Gasteiger partial charge in [0.2, 0.25) is 5.88 Å². The van der Waals surface area contributed by atoms with E-state index in [4.69, 9.17) is 4.74 Å². The molecule has 1 aliphatic heterocycles. The van der Waals surface area contributed by atoms with Crippen LogP contribution in [0.1, 0.15) is 18.5 Å². The number of rotatable bonds is 3. The van der Waals surface area contributed by atoms with Gasteiger partial charge in [0.05, 0.1) is 12.3 Å². The highest BCUT2D eigenvalue weighted by Gasteiger charge is 2.13. The van der Waals surface area contributed by atoms with Crippen LogP contribution in [0.2, 0.25) is 0 Å². The average molecular weight is 207 g/mol. The van der Waals surface area contributed by atoms with E-state index < -0.39 is 0 Å². The molecule has 1 aromatic heterocycles. The van der Waals surface area contributed by atoms with E-state index in [1.165, 1.54) is 12.8 Å². The molecule has 0 aromatic carbocycles. The smallest absolute Gasteiger partial charge is 0.233 e. The van der Waals surface area contributed by atoms with Gasteiger partial charge in [-0.1, -0.05) is 0 Å². The number of ether oxygens (including phenoxy) is 1. The Bertz CT molecular complexity index is 293. The standard InChI is InChI=1S/C11H17N3O/c1-9-4-5-11(14-13-9)15-8-10-3-2-6-12-7-10/h4-5,10,12H,2-3,6-8H2,1H3/t10-/m1/s1. The number of nitrogens with one attached hydrogen (secondary N) is 1. The first-order valence-corrected chi connectivity index (χ1v) is 5.48. The van der Waals surface area contributed by atoms with E-state index in [0.29, 0.717) is 11.8 Å². The molecule has 1 atom stereocenters. The molecule has 1 saturated heterocycles. The van der Waals surface area contributed by atoms with Crippen LogP contribution >= 0.6 is 0 Å². The van der Waals surface area contributed by atoms with Crippen LogP contribution in [0, 0.1) is 12.8 Å². The Balaban J connectivity index is 1.79. The summed E-state index contributed by atoms with van der Waals surface area (Å²) < 4.78 is 5.59. The van der Waals surface area contributed by atoms with Crippen molar-refractivity contribution in [3.8, 4) is 5.88 Å². The SMILES string of the molecule is Cc1ccc(OC[C@@H]2CCCNC2)nn1. The molecule has 1 aliphatic rings. The summed E-state index contributed by atoms with van der Waals surface area (Å²) in [4.78, 5) is 0. The van der Waals surface area contributed by atoms with Crippen molar-refractivity contribution in [1.82, 2.24) is 15.5 Å². The highest BCUT2D eigenvalue weighted by molar-refractivity contribution is 5.10.